The number of carbonyl (C=O) groups excluding carboxylic acids is 1. The largest absolute Gasteiger partial charge is 0.387 e. The standard InChI is InChI=1S/C13H17N5O2/c1-8-6-11(14-3)10(7-16-8)13(19)15-5-4-12-17-9(2)18-20-12/h6-7H,4-5H2,1-3H3,(H,14,16)(H,15,19). The SMILES string of the molecule is CNc1cc(C)ncc1C(=O)NCCc1nc(C)no1. The molecule has 0 aromatic carbocycles. The molecule has 1 amide bonds. The Hall–Kier alpha value is -2.44. The summed E-state index contributed by atoms with van der Waals surface area (Å²) >= 11 is 0. The summed E-state index contributed by atoms with van der Waals surface area (Å²) in [5, 5.41) is 9.48. The molecule has 0 spiro atoms. The minimum Gasteiger partial charge on any atom is -0.387 e. The van der Waals surface area contributed by atoms with Crippen LogP contribution >= 0.6 is 0 Å². The van der Waals surface area contributed by atoms with Gasteiger partial charge >= 0.3 is 0 Å². The van der Waals surface area contributed by atoms with Gasteiger partial charge in [-0.25, -0.2) is 0 Å². The predicted molar refractivity (Wildman–Crippen MR) is 73.6 cm³/mol. The molecule has 20 heavy (non-hydrogen) atoms. The highest BCUT2D eigenvalue weighted by Gasteiger charge is 2.11. The van der Waals surface area contributed by atoms with Gasteiger partial charge in [-0.2, -0.15) is 4.98 Å². The Bertz CT molecular complexity index is 609. The Morgan fingerprint density at radius 2 is 2.20 bits per heavy atom. The van der Waals surface area contributed by atoms with E-state index in [4.69, 9.17) is 4.52 Å². The highest BCUT2D eigenvalue weighted by Crippen LogP contribution is 2.14. The van der Waals surface area contributed by atoms with Crippen LogP contribution < -0.4 is 10.6 Å². The summed E-state index contributed by atoms with van der Waals surface area (Å²) in [6, 6.07) is 1.83. The quantitative estimate of drug-likeness (QED) is 0.848. The number of amides is 1. The van der Waals surface area contributed by atoms with E-state index in [0.29, 0.717) is 30.2 Å². The van der Waals surface area contributed by atoms with Crippen LogP contribution in [0.1, 0.15) is 27.8 Å². The normalized spacial score (nSPS) is 10.3. The number of nitrogens with zero attached hydrogens (tertiary/aromatic N) is 3. The molecule has 2 heterocycles. The highest BCUT2D eigenvalue weighted by molar-refractivity contribution is 5.99. The fourth-order valence-corrected chi connectivity index (χ4v) is 1.77. The van der Waals surface area contributed by atoms with E-state index >= 15 is 0 Å². The van der Waals surface area contributed by atoms with Crippen LogP contribution in [-0.2, 0) is 6.42 Å². The van der Waals surface area contributed by atoms with Crippen molar-refractivity contribution >= 4 is 11.6 Å². The zero-order valence-electron chi connectivity index (χ0n) is 11.7. The number of hydrogen-bond acceptors (Lipinski definition) is 6. The summed E-state index contributed by atoms with van der Waals surface area (Å²) in [6.07, 6.45) is 2.06. The van der Waals surface area contributed by atoms with Gasteiger partial charge in [0.15, 0.2) is 5.82 Å². The molecular formula is C13H17N5O2. The van der Waals surface area contributed by atoms with Crippen molar-refractivity contribution < 1.29 is 9.32 Å². The zero-order valence-corrected chi connectivity index (χ0v) is 11.7. The molecule has 0 atom stereocenters. The molecule has 0 unspecified atom stereocenters. The molecule has 2 aromatic rings. The number of nitrogens with one attached hydrogen (secondary N) is 2. The van der Waals surface area contributed by atoms with Crippen LogP contribution in [0.15, 0.2) is 16.8 Å². The van der Waals surface area contributed by atoms with Crippen molar-refractivity contribution in [2.45, 2.75) is 20.3 Å². The molecule has 106 valence electrons. The van der Waals surface area contributed by atoms with Crippen LogP contribution in [0.5, 0.6) is 0 Å². The second-order valence-electron chi connectivity index (χ2n) is 4.36. The molecule has 0 aliphatic heterocycles. The number of pyridine rings is 1. The van der Waals surface area contributed by atoms with Crippen LogP contribution in [0.25, 0.3) is 0 Å². The second kappa shape index (κ2) is 6.14. The van der Waals surface area contributed by atoms with E-state index in [0.717, 1.165) is 11.4 Å². The van der Waals surface area contributed by atoms with Crippen LogP contribution in [0.3, 0.4) is 0 Å². The van der Waals surface area contributed by atoms with Gasteiger partial charge in [0.25, 0.3) is 5.91 Å². The fraction of sp³-hybridized carbons (Fsp3) is 0.385. The maximum Gasteiger partial charge on any atom is 0.254 e. The number of carbonyl (C=O) groups is 1. The van der Waals surface area contributed by atoms with Gasteiger partial charge in [0.1, 0.15) is 0 Å². The molecular weight excluding hydrogens is 258 g/mol. The predicted octanol–water partition coefficient (Wildman–Crippen LogP) is 1.10. The molecule has 0 aliphatic carbocycles. The van der Waals surface area contributed by atoms with Crippen molar-refractivity contribution in [1.82, 2.24) is 20.4 Å². The average molecular weight is 275 g/mol. The van der Waals surface area contributed by atoms with Gasteiger partial charge in [0, 0.05) is 31.9 Å². The van der Waals surface area contributed by atoms with Crippen molar-refractivity contribution in [2.24, 2.45) is 0 Å². The lowest BCUT2D eigenvalue weighted by atomic mass is 10.2. The van der Waals surface area contributed by atoms with E-state index in [1.54, 1.807) is 20.2 Å². The summed E-state index contributed by atoms with van der Waals surface area (Å²) in [7, 11) is 1.77. The monoisotopic (exact) mass is 275 g/mol. The molecule has 2 rings (SSSR count). The third-order valence-electron chi connectivity index (χ3n) is 2.75. The van der Waals surface area contributed by atoms with Crippen LogP contribution in [0, 0.1) is 13.8 Å². The first-order valence-electron chi connectivity index (χ1n) is 6.32. The van der Waals surface area contributed by atoms with E-state index in [1.807, 2.05) is 13.0 Å². The number of aromatic nitrogens is 3. The maximum atomic E-state index is 12.1. The lowest BCUT2D eigenvalue weighted by Gasteiger charge is -2.09. The third kappa shape index (κ3) is 3.31. The lowest BCUT2D eigenvalue weighted by Crippen LogP contribution is -2.26. The first-order chi connectivity index (χ1) is 9.60. The van der Waals surface area contributed by atoms with E-state index in [1.165, 1.54) is 0 Å². The molecule has 0 aliphatic rings. The summed E-state index contributed by atoms with van der Waals surface area (Å²) in [5.74, 6) is 0.920. The van der Waals surface area contributed by atoms with Crippen LogP contribution in [0.2, 0.25) is 0 Å². The van der Waals surface area contributed by atoms with Crippen LogP contribution in [-0.4, -0.2) is 34.6 Å². The molecule has 7 heteroatoms. The molecule has 0 radical (unpaired) electrons. The minimum absolute atomic E-state index is 0.182. The number of aryl methyl sites for hydroxylation is 2. The van der Waals surface area contributed by atoms with E-state index < -0.39 is 0 Å². The Morgan fingerprint density at radius 3 is 2.85 bits per heavy atom. The topological polar surface area (TPSA) is 92.9 Å². The van der Waals surface area contributed by atoms with Gasteiger partial charge in [0.05, 0.1) is 11.3 Å². The van der Waals surface area contributed by atoms with E-state index in [-0.39, 0.29) is 5.91 Å². The number of anilines is 1. The van der Waals surface area contributed by atoms with E-state index in [9.17, 15) is 4.79 Å². The summed E-state index contributed by atoms with van der Waals surface area (Å²) in [5.41, 5.74) is 2.12. The second-order valence-corrected chi connectivity index (χ2v) is 4.36. The van der Waals surface area contributed by atoms with Gasteiger partial charge in [-0.05, 0) is 19.9 Å². The first-order valence-corrected chi connectivity index (χ1v) is 6.32. The summed E-state index contributed by atoms with van der Waals surface area (Å²) < 4.78 is 4.98. The van der Waals surface area contributed by atoms with Gasteiger partial charge in [0.2, 0.25) is 5.89 Å². The van der Waals surface area contributed by atoms with Crippen molar-refractivity contribution in [3.8, 4) is 0 Å². The summed E-state index contributed by atoms with van der Waals surface area (Å²) in [6.45, 7) is 4.06. The zero-order chi connectivity index (χ0) is 14.5. The molecule has 7 nitrogen and oxygen atoms in total. The Kier molecular flexibility index (Phi) is 4.29. The fourth-order valence-electron chi connectivity index (χ4n) is 1.77. The Labute approximate surface area is 116 Å². The Morgan fingerprint density at radius 1 is 1.40 bits per heavy atom. The molecule has 2 N–H and O–H groups in total. The lowest BCUT2D eigenvalue weighted by molar-refractivity contribution is 0.0954. The van der Waals surface area contributed by atoms with E-state index in [2.05, 4.69) is 25.8 Å². The Balaban J connectivity index is 1.95. The summed E-state index contributed by atoms with van der Waals surface area (Å²) in [4.78, 5) is 20.3. The smallest absolute Gasteiger partial charge is 0.254 e. The minimum atomic E-state index is -0.182. The molecule has 0 bridgehead atoms. The number of rotatable bonds is 5. The van der Waals surface area contributed by atoms with Gasteiger partial charge < -0.3 is 15.2 Å². The van der Waals surface area contributed by atoms with Gasteiger partial charge in [-0.15, -0.1) is 0 Å². The molecule has 2 aromatic heterocycles. The third-order valence-corrected chi connectivity index (χ3v) is 2.75. The molecule has 0 fully saturated rings. The van der Waals surface area contributed by atoms with Gasteiger partial charge in [-0.3, -0.25) is 9.78 Å². The molecule has 0 saturated carbocycles. The van der Waals surface area contributed by atoms with Crippen molar-refractivity contribution in [3.05, 3.63) is 35.2 Å². The van der Waals surface area contributed by atoms with Crippen molar-refractivity contribution in [1.29, 1.82) is 0 Å². The van der Waals surface area contributed by atoms with Crippen molar-refractivity contribution in [2.75, 3.05) is 18.9 Å². The number of hydrogen-bond donors (Lipinski definition) is 2. The van der Waals surface area contributed by atoms with Crippen molar-refractivity contribution in [3.63, 3.8) is 0 Å². The maximum absolute atomic E-state index is 12.1. The average Bonchev–Trinajstić information content (AvgIpc) is 2.84. The highest BCUT2D eigenvalue weighted by atomic mass is 16.5. The first kappa shape index (κ1) is 14.0. The van der Waals surface area contributed by atoms with Crippen LogP contribution in [0.4, 0.5) is 5.69 Å². The van der Waals surface area contributed by atoms with Gasteiger partial charge in [-0.1, -0.05) is 5.16 Å². The molecule has 0 saturated heterocycles.